The van der Waals surface area contributed by atoms with Crippen molar-refractivity contribution in [1.82, 2.24) is 10.3 Å². The number of nitrogens with zero attached hydrogens (tertiary/aromatic N) is 1. The fourth-order valence-electron chi connectivity index (χ4n) is 0.960. The van der Waals surface area contributed by atoms with Crippen LogP contribution >= 0.6 is 0 Å². The fraction of sp³-hybridized carbons (Fsp3) is 0.444. The van der Waals surface area contributed by atoms with Crippen molar-refractivity contribution in [1.29, 1.82) is 0 Å². The van der Waals surface area contributed by atoms with E-state index in [4.69, 9.17) is 0 Å². The summed E-state index contributed by atoms with van der Waals surface area (Å²) in [6.45, 7) is 6.16. The van der Waals surface area contributed by atoms with Crippen LogP contribution in [0.1, 0.15) is 18.1 Å². The van der Waals surface area contributed by atoms with Gasteiger partial charge in [0.25, 0.3) is 0 Å². The summed E-state index contributed by atoms with van der Waals surface area (Å²) in [5, 5.41) is 3.28. The molecule has 0 saturated carbocycles. The van der Waals surface area contributed by atoms with E-state index >= 15 is 0 Å². The highest BCUT2D eigenvalue weighted by molar-refractivity contribution is 5.20. The third-order valence-corrected chi connectivity index (χ3v) is 1.70. The molecule has 1 rings (SSSR count). The minimum atomic E-state index is 0.949. The zero-order valence-electron chi connectivity index (χ0n) is 7.09. The van der Waals surface area contributed by atoms with Crippen LogP contribution in [0.15, 0.2) is 18.5 Å². The summed E-state index contributed by atoms with van der Waals surface area (Å²) in [5.41, 5.74) is 2.59. The highest BCUT2D eigenvalue weighted by atomic mass is 14.8. The Morgan fingerprint density at radius 3 is 3.00 bits per heavy atom. The molecule has 0 aromatic carbocycles. The monoisotopic (exact) mass is 150 g/mol. The summed E-state index contributed by atoms with van der Waals surface area (Å²) >= 11 is 0. The van der Waals surface area contributed by atoms with Crippen LogP contribution in [0, 0.1) is 6.92 Å². The molecular formula is C9H14N2. The van der Waals surface area contributed by atoms with E-state index in [9.17, 15) is 0 Å². The zero-order valence-corrected chi connectivity index (χ0v) is 7.09. The van der Waals surface area contributed by atoms with Gasteiger partial charge >= 0.3 is 0 Å². The molecule has 0 aliphatic carbocycles. The summed E-state index contributed by atoms with van der Waals surface area (Å²) < 4.78 is 0. The first kappa shape index (κ1) is 8.21. The lowest BCUT2D eigenvalue weighted by molar-refractivity contribution is 0.722. The molecule has 0 amide bonds. The van der Waals surface area contributed by atoms with E-state index in [1.165, 1.54) is 11.1 Å². The van der Waals surface area contributed by atoms with Crippen molar-refractivity contribution in [3.8, 4) is 0 Å². The summed E-state index contributed by atoms with van der Waals surface area (Å²) in [6.07, 6.45) is 3.73. The second-order valence-corrected chi connectivity index (χ2v) is 2.58. The van der Waals surface area contributed by atoms with Crippen LogP contribution < -0.4 is 5.32 Å². The Bertz CT molecular complexity index is 221. The summed E-state index contributed by atoms with van der Waals surface area (Å²) in [7, 11) is 0. The Kier molecular flexibility index (Phi) is 3.05. The lowest BCUT2D eigenvalue weighted by Gasteiger charge is -2.03. The molecule has 2 heteroatoms. The molecule has 0 spiro atoms. The number of rotatable bonds is 3. The maximum Gasteiger partial charge on any atom is 0.0300 e. The van der Waals surface area contributed by atoms with Gasteiger partial charge in [-0.05, 0) is 30.7 Å². The van der Waals surface area contributed by atoms with Gasteiger partial charge in [-0.25, -0.2) is 0 Å². The van der Waals surface area contributed by atoms with Crippen molar-refractivity contribution in [3.05, 3.63) is 29.6 Å². The molecule has 0 aliphatic rings. The molecule has 0 atom stereocenters. The first-order chi connectivity index (χ1) is 5.34. The third kappa shape index (κ3) is 2.31. The Morgan fingerprint density at radius 1 is 1.55 bits per heavy atom. The second-order valence-electron chi connectivity index (χ2n) is 2.58. The average Bonchev–Trinajstić information content (AvgIpc) is 2.03. The summed E-state index contributed by atoms with van der Waals surface area (Å²) in [5.74, 6) is 0. The standard InChI is InChI=1S/C9H14N2/c1-3-10-7-9-4-5-11-6-8(9)2/h4-6,10H,3,7H2,1-2H3. The zero-order chi connectivity index (χ0) is 8.10. The Morgan fingerprint density at radius 2 is 2.36 bits per heavy atom. The summed E-state index contributed by atoms with van der Waals surface area (Å²) in [6, 6.07) is 2.05. The van der Waals surface area contributed by atoms with Gasteiger partial charge in [0.1, 0.15) is 0 Å². The van der Waals surface area contributed by atoms with Crippen LogP contribution in [0.5, 0.6) is 0 Å². The van der Waals surface area contributed by atoms with Crippen LogP contribution in [0.2, 0.25) is 0 Å². The molecule has 0 aliphatic heterocycles. The number of hydrogen-bond acceptors (Lipinski definition) is 2. The SMILES string of the molecule is CCNCc1ccncc1C. The van der Waals surface area contributed by atoms with E-state index in [1.807, 2.05) is 12.4 Å². The number of pyridine rings is 1. The van der Waals surface area contributed by atoms with E-state index in [0.29, 0.717) is 0 Å². The number of hydrogen-bond donors (Lipinski definition) is 1. The highest BCUT2D eigenvalue weighted by Gasteiger charge is 1.94. The molecule has 2 nitrogen and oxygen atoms in total. The van der Waals surface area contributed by atoms with Crippen molar-refractivity contribution in [3.63, 3.8) is 0 Å². The van der Waals surface area contributed by atoms with E-state index < -0.39 is 0 Å². The molecule has 0 fully saturated rings. The van der Waals surface area contributed by atoms with Gasteiger partial charge in [0.2, 0.25) is 0 Å². The van der Waals surface area contributed by atoms with E-state index in [0.717, 1.165) is 13.1 Å². The predicted molar refractivity (Wildman–Crippen MR) is 46.4 cm³/mol. The molecule has 11 heavy (non-hydrogen) atoms. The molecular weight excluding hydrogens is 136 g/mol. The van der Waals surface area contributed by atoms with Gasteiger partial charge in [-0.1, -0.05) is 6.92 Å². The average molecular weight is 150 g/mol. The molecule has 1 aromatic heterocycles. The normalized spacial score (nSPS) is 10.0. The minimum absolute atomic E-state index is 0.949. The van der Waals surface area contributed by atoms with Crippen molar-refractivity contribution < 1.29 is 0 Å². The lowest BCUT2D eigenvalue weighted by Crippen LogP contribution is -2.12. The number of aromatic nitrogens is 1. The highest BCUT2D eigenvalue weighted by Crippen LogP contribution is 2.03. The Labute approximate surface area is 67.7 Å². The van der Waals surface area contributed by atoms with Gasteiger partial charge in [-0.2, -0.15) is 0 Å². The van der Waals surface area contributed by atoms with Gasteiger partial charge in [0.05, 0.1) is 0 Å². The molecule has 0 unspecified atom stereocenters. The summed E-state index contributed by atoms with van der Waals surface area (Å²) in [4.78, 5) is 4.03. The van der Waals surface area contributed by atoms with Crippen LogP contribution in [0.4, 0.5) is 0 Å². The van der Waals surface area contributed by atoms with Crippen molar-refractivity contribution in [2.45, 2.75) is 20.4 Å². The second kappa shape index (κ2) is 4.09. The predicted octanol–water partition coefficient (Wildman–Crippen LogP) is 1.50. The first-order valence-corrected chi connectivity index (χ1v) is 3.94. The number of aryl methyl sites for hydroxylation is 1. The van der Waals surface area contributed by atoms with Crippen LogP contribution in [-0.2, 0) is 6.54 Å². The Balaban J connectivity index is 2.62. The number of nitrogens with one attached hydrogen (secondary N) is 1. The van der Waals surface area contributed by atoms with Gasteiger partial charge in [0, 0.05) is 18.9 Å². The molecule has 1 heterocycles. The molecule has 1 N–H and O–H groups in total. The van der Waals surface area contributed by atoms with Gasteiger partial charge in [-0.15, -0.1) is 0 Å². The van der Waals surface area contributed by atoms with Crippen molar-refractivity contribution in [2.24, 2.45) is 0 Å². The topological polar surface area (TPSA) is 24.9 Å². The molecule has 1 aromatic rings. The van der Waals surface area contributed by atoms with Gasteiger partial charge < -0.3 is 5.32 Å². The van der Waals surface area contributed by atoms with Crippen molar-refractivity contribution >= 4 is 0 Å². The third-order valence-electron chi connectivity index (χ3n) is 1.70. The van der Waals surface area contributed by atoms with Crippen LogP contribution in [0.25, 0.3) is 0 Å². The lowest BCUT2D eigenvalue weighted by atomic mass is 10.1. The van der Waals surface area contributed by atoms with Crippen LogP contribution in [-0.4, -0.2) is 11.5 Å². The molecule has 0 saturated heterocycles. The van der Waals surface area contributed by atoms with E-state index in [2.05, 4.69) is 30.2 Å². The molecule has 0 bridgehead atoms. The van der Waals surface area contributed by atoms with Crippen LogP contribution in [0.3, 0.4) is 0 Å². The fourth-order valence-corrected chi connectivity index (χ4v) is 0.960. The van der Waals surface area contributed by atoms with E-state index in [-0.39, 0.29) is 0 Å². The molecule has 0 radical (unpaired) electrons. The maximum absolute atomic E-state index is 4.03. The van der Waals surface area contributed by atoms with E-state index in [1.54, 1.807) is 0 Å². The first-order valence-electron chi connectivity index (χ1n) is 3.94. The quantitative estimate of drug-likeness (QED) is 0.706. The van der Waals surface area contributed by atoms with Crippen molar-refractivity contribution in [2.75, 3.05) is 6.54 Å². The smallest absolute Gasteiger partial charge is 0.0300 e. The van der Waals surface area contributed by atoms with Gasteiger partial charge in [0.15, 0.2) is 0 Å². The Hall–Kier alpha value is -0.890. The largest absolute Gasteiger partial charge is 0.313 e. The minimum Gasteiger partial charge on any atom is -0.313 e. The maximum atomic E-state index is 4.03. The molecule has 60 valence electrons. The van der Waals surface area contributed by atoms with Gasteiger partial charge in [-0.3, -0.25) is 4.98 Å².